The summed E-state index contributed by atoms with van der Waals surface area (Å²) in [6.07, 6.45) is 0. The van der Waals surface area contributed by atoms with Crippen LogP contribution in [-0.2, 0) is 4.79 Å². The third-order valence-electron chi connectivity index (χ3n) is 3.61. The molecule has 0 spiro atoms. The number of nitro benzene ring substituents is 1. The van der Waals surface area contributed by atoms with Crippen LogP contribution in [0.2, 0.25) is 5.02 Å². The van der Waals surface area contributed by atoms with Crippen molar-refractivity contribution in [1.82, 2.24) is 5.06 Å². The van der Waals surface area contributed by atoms with E-state index < -0.39 is 62.3 Å². The van der Waals surface area contributed by atoms with E-state index in [9.17, 15) is 44.3 Å². The maximum atomic E-state index is 14.4. The molecule has 3 N–H and O–H groups in total. The van der Waals surface area contributed by atoms with Gasteiger partial charge in [-0.2, -0.15) is 14.7 Å². The molecule has 1 amide bonds. The Morgan fingerprint density at radius 3 is 2.53 bits per heavy atom. The average molecular weight is 442 g/mol. The van der Waals surface area contributed by atoms with Gasteiger partial charge in [0.1, 0.15) is 11.8 Å². The molecule has 0 unspecified atom stereocenters. The summed E-state index contributed by atoms with van der Waals surface area (Å²) in [7, 11) is 0.931. The molecule has 0 aliphatic carbocycles. The molecule has 0 fully saturated rings. The van der Waals surface area contributed by atoms with E-state index in [1.807, 2.05) is 0 Å². The number of aromatic hydroxyl groups is 2. The number of benzene rings is 2. The molecule has 2 rings (SSSR count). The number of hydrogen-bond donors (Lipinski definition) is 3. The van der Waals surface area contributed by atoms with Crippen molar-refractivity contribution in [3.63, 3.8) is 0 Å². The van der Waals surface area contributed by atoms with Gasteiger partial charge in [-0.3, -0.25) is 14.9 Å². The standard InChI is InChI=1S/C17H10ClF2N3O7/c1-22(30-12-4-7(18)2-3-10(12)19)17(27)9(6-21)15(25)8-5-11(24)16(26)14(13(8)20)23(28)29/h2-5,24-26H,1H3/b15-9-. The number of amides is 1. The zero-order valence-electron chi connectivity index (χ0n) is 14.8. The summed E-state index contributed by atoms with van der Waals surface area (Å²) < 4.78 is 28.1. The Bertz CT molecular complexity index is 1130. The third-order valence-corrected chi connectivity index (χ3v) is 3.84. The van der Waals surface area contributed by atoms with Crippen LogP contribution >= 0.6 is 11.6 Å². The number of phenolic OH excluding ortho intramolecular Hbond substituents is 2. The smallest absolute Gasteiger partial charge is 0.350 e. The van der Waals surface area contributed by atoms with Gasteiger partial charge in [-0.15, -0.1) is 0 Å². The fourth-order valence-corrected chi connectivity index (χ4v) is 2.35. The van der Waals surface area contributed by atoms with E-state index in [2.05, 4.69) is 0 Å². The summed E-state index contributed by atoms with van der Waals surface area (Å²) in [5.74, 6) is -8.67. The van der Waals surface area contributed by atoms with Gasteiger partial charge in [0.05, 0.1) is 10.5 Å². The summed E-state index contributed by atoms with van der Waals surface area (Å²) in [4.78, 5) is 26.9. The lowest BCUT2D eigenvalue weighted by molar-refractivity contribution is -0.388. The molecule has 30 heavy (non-hydrogen) atoms. The van der Waals surface area contributed by atoms with Gasteiger partial charge in [0, 0.05) is 18.1 Å². The van der Waals surface area contributed by atoms with E-state index in [4.69, 9.17) is 16.4 Å². The number of rotatable bonds is 5. The van der Waals surface area contributed by atoms with Gasteiger partial charge < -0.3 is 20.2 Å². The lowest BCUT2D eigenvalue weighted by atomic mass is 10.1. The van der Waals surface area contributed by atoms with Crippen LogP contribution in [0.4, 0.5) is 14.5 Å². The zero-order chi connectivity index (χ0) is 22.7. The molecule has 0 saturated carbocycles. The molecule has 0 heterocycles. The van der Waals surface area contributed by atoms with Crippen molar-refractivity contribution in [1.29, 1.82) is 5.26 Å². The largest absolute Gasteiger partial charge is 0.506 e. The van der Waals surface area contributed by atoms with Crippen LogP contribution in [0.15, 0.2) is 29.8 Å². The lowest BCUT2D eigenvalue weighted by Gasteiger charge is -2.18. The van der Waals surface area contributed by atoms with E-state index in [0.717, 1.165) is 19.2 Å². The number of hydroxylamine groups is 2. The number of nitrogens with zero attached hydrogens (tertiary/aromatic N) is 3. The molecule has 156 valence electrons. The predicted octanol–water partition coefficient (Wildman–Crippen LogP) is 3.18. The normalized spacial score (nSPS) is 11.3. The van der Waals surface area contributed by atoms with Crippen LogP contribution in [0, 0.1) is 33.1 Å². The van der Waals surface area contributed by atoms with Crippen molar-refractivity contribution in [3.05, 3.63) is 62.2 Å². The molecule has 0 aliphatic rings. The molecule has 0 bridgehead atoms. The molecule has 2 aromatic carbocycles. The maximum Gasteiger partial charge on any atom is 0.350 e. The molecule has 2 aromatic rings. The van der Waals surface area contributed by atoms with E-state index >= 15 is 0 Å². The summed E-state index contributed by atoms with van der Waals surface area (Å²) in [6.45, 7) is 0. The van der Waals surface area contributed by atoms with Gasteiger partial charge in [-0.1, -0.05) is 11.6 Å². The van der Waals surface area contributed by atoms with Crippen molar-refractivity contribution in [3.8, 4) is 23.3 Å². The lowest BCUT2D eigenvalue weighted by Crippen LogP contribution is -2.32. The van der Waals surface area contributed by atoms with Gasteiger partial charge in [0.25, 0.3) is 0 Å². The van der Waals surface area contributed by atoms with E-state index in [1.165, 1.54) is 12.1 Å². The number of hydrogen-bond acceptors (Lipinski definition) is 8. The topological polar surface area (TPSA) is 157 Å². The Hall–Kier alpha value is -4.11. The Morgan fingerprint density at radius 2 is 1.97 bits per heavy atom. The third kappa shape index (κ3) is 4.15. The van der Waals surface area contributed by atoms with E-state index in [-0.39, 0.29) is 5.02 Å². The monoisotopic (exact) mass is 441 g/mol. The van der Waals surface area contributed by atoms with Crippen LogP contribution in [0.3, 0.4) is 0 Å². The molecule has 10 nitrogen and oxygen atoms in total. The van der Waals surface area contributed by atoms with Crippen LogP contribution in [-0.4, -0.2) is 38.3 Å². The SMILES string of the molecule is CN(Oc1cc(Cl)ccc1F)C(=O)/C(C#N)=C(\O)c1cc(O)c(O)c([N+](=O)[O-])c1F. The maximum absolute atomic E-state index is 14.4. The summed E-state index contributed by atoms with van der Waals surface area (Å²) in [5.41, 5.74) is -3.88. The zero-order valence-corrected chi connectivity index (χ0v) is 15.5. The minimum Gasteiger partial charge on any atom is -0.506 e. The number of nitro groups is 1. The molecule has 0 atom stereocenters. The van der Waals surface area contributed by atoms with Gasteiger partial charge in [0.15, 0.2) is 22.9 Å². The van der Waals surface area contributed by atoms with Crippen molar-refractivity contribution in [2.24, 2.45) is 0 Å². The summed E-state index contributed by atoms with van der Waals surface area (Å²) in [6, 6.07) is 4.77. The quantitative estimate of drug-likeness (QED) is 0.159. The van der Waals surface area contributed by atoms with Crippen molar-refractivity contribution in [2.75, 3.05) is 7.05 Å². The molecule has 0 aromatic heterocycles. The highest BCUT2D eigenvalue weighted by atomic mass is 35.5. The van der Waals surface area contributed by atoms with Gasteiger partial charge >= 0.3 is 11.6 Å². The van der Waals surface area contributed by atoms with Gasteiger partial charge in [-0.25, -0.2) is 4.39 Å². The highest BCUT2D eigenvalue weighted by Crippen LogP contribution is 2.41. The first-order chi connectivity index (χ1) is 14.0. The Morgan fingerprint density at radius 1 is 1.33 bits per heavy atom. The van der Waals surface area contributed by atoms with Gasteiger partial charge in [-0.05, 0) is 18.2 Å². The molecular weight excluding hydrogens is 432 g/mol. The van der Waals surface area contributed by atoms with Crippen molar-refractivity contribution in [2.45, 2.75) is 0 Å². The Kier molecular flexibility index (Phi) is 6.28. The Balaban J connectivity index is 2.52. The van der Waals surface area contributed by atoms with Crippen molar-refractivity contribution >= 4 is 29.0 Å². The number of aliphatic hydroxyl groups is 1. The number of likely N-dealkylation sites (N-methyl/N-ethyl adjacent to an activating group) is 1. The summed E-state index contributed by atoms with van der Waals surface area (Å²) >= 11 is 5.69. The first-order valence-corrected chi connectivity index (χ1v) is 8.01. The van der Waals surface area contributed by atoms with Crippen LogP contribution in [0.1, 0.15) is 5.56 Å². The first-order valence-electron chi connectivity index (χ1n) is 7.63. The second-order valence-electron chi connectivity index (χ2n) is 5.52. The molecule has 0 radical (unpaired) electrons. The summed E-state index contributed by atoms with van der Waals surface area (Å²) in [5, 5.41) is 49.6. The Labute approximate surface area is 171 Å². The minimum atomic E-state index is -1.82. The molecule has 0 saturated heterocycles. The van der Waals surface area contributed by atoms with Crippen molar-refractivity contribution < 1.29 is 38.7 Å². The van der Waals surface area contributed by atoms with Crippen LogP contribution in [0.5, 0.6) is 17.2 Å². The predicted molar refractivity (Wildman–Crippen MR) is 96.4 cm³/mol. The highest BCUT2D eigenvalue weighted by molar-refractivity contribution is 6.30. The number of halogens is 3. The average Bonchev–Trinajstić information content (AvgIpc) is 2.67. The highest BCUT2D eigenvalue weighted by Gasteiger charge is 2.32. The second-order valence-corrected chi connectivity index (χ2v) is 5.95. The number of carbonyl (C=O) groups is 1. The molecule has 0 aliphatic heterocycles. The molecular formula is C17H10ClF2N3O7. The number of nitriles is 1. The van der Waals surface area contributed by atoms with E-state index in [1.54, 1.807) is 0 Å². The van der Waals surface area contributed by atoms with Crippen LogP contribution < -0.4 is 4.84 Å². The van der Waals surface area contributed by atoms with Gasteiger partial charge in [0.2, 0.25) is 11.6 Å². The number of phenols is 2. The first kappa shape index (κ1) is 22.2. The number of carbonyl (C=O) groups excluding carboxylic acids is 1. The van der Waals surface area contributed by atoms with E-state index in [0.29, 0.717) is 11.1 Å². The number of aliphatic hydroxyl groups excluding tert-OH is 1. The second kappa shape index (κ2) is 8.50. The minimum absolute atomic E-state index is 0.0556. The molecule has 13 heteroatoms. The van der Waals surface area contributed by atoms with Crippen LogP contribution in [0.25, 0.3) is 5.76 Å². The fraction of sp³-hybridized carbons (Fsp3) is 0.0588. The fourth-order valence-electron chi connectivity index (χ4n) is 2.19.